The number of fused-ring (bicyclic) bond motifs is 1. The third-order valence-electron chi connectivity index (χ3n) is 5.09. The van der Waals surface area contributed by atoms with Crippen LogP contribution in [0.25, 0.3) is 21.3 Å². The summed E-state index contributed by atoms with van der Waals surface area (Å²) in [7, 11) is 0. The summed E-state index contributed by atoms with van der Waals surface area (Å²) < 4.78 is 0. The van der Waals surface area contributed by atoms with E-state index >= 15 is 0 Å². The number of aromatic amines is 1. The predicted octanol–water partition coefficient (Wildman–Crippen LogP) is 6.18. The van der Waals surface area contributed by atoms with Crippen molar-refractivity contribution in [1.29, 1.82) is 0 Å². The van der Waals surface area contributed by atoms with Crippen LogP contribution in [0.1, 0.15) is 21.8 Å². The molecule has 0 saturated heterocycles. The Bertz CT molecular complexity index is 1420. The van der Waals surface area contributed by atoms with E-state index in [1.165, 1.54) is 0 Å². The summed E-state index contributed by atoms with van der Waals surface area (Å²) >= 11 is 1.65. The number of benzene rings is 2. The number of aryl methyl sites for hydroxylation is 2. The van der Waals surface area contributed by atoms with Gasteiger partial charge in [-0.05, 0) is 43.7 Å². The zero-order valence-electron chi connectivity index (χ0n) is 17.1. The molecule has 0 unspecified atom stereocenters. The van der Waals surface area contributed by atoms with Gasteiger partial charge < -0.3 is 10.1 Å². The van der Waals surface area contributed by atoms with E-state index in [1.54, 1.807) is 17.5 Å². The molecule has 0 atom stereocenters. The first-order valence-electron chi connectivity index (χ1n) is 9.93. The second-order valence-corrected chi connectivity index (χ2v) is 8.57. The Balaban J connectivity index is 1.75. The molecule has 0 aliphatic rings. The number of hydrogen-bond acceptors (Lipinski definition) is 5. The van der Waals surface area contributed by atoms with E-state index in [1.807, 2.05) is 74.6 Å². The Morgan fingerprint density at radius 2 is 1.84 bits per heavy atom. The molecule has 5 nitrogen and oxygen atoms in total. The summed E-state index contributed by atoms with van der Waals surface area (Å²) in [4.78, 5) is 17.8. The normalized spacial score (nSPS) is 11.9. The van der Waals surface area contributed by atoms with Crippen LogP contribution in [0.15, 0.2) is 78.0 Å². The number of thiazole rings is 1. The van der Waals surface area contributed by atoms with Crippen molar-refractivity contribution in [2.45, 2.75) is 13.8 Å². The van der Waals surface area contributed by atoms with Crippen LogP contribution in [0, 0.1) is 13.8 Å². The first-order valence-corrected chi connectivity index (χ1v) is 10.7. The van der Waals surface area contributed by atoms with E-state index in [-0.39, 0.29) is 5.88 Å². The molecule has 0 bridgehead atoms. The van der Waals surface area contributed by atoms with Crippen molar-refractivity contribution < 1.29 is 5.11 Å². The average molecular weight is 425 g/mol. The number of aliphatic imine (C=N–C) groups is 1. The first kappa shape index (κ1) is 19.2. The summed E-state index contributed by atoms with van der Waals surface area (Å²) in [6.07, 6.45) is 3.63. The molecule has 0 saturated carbocycles. The molecular formula is C25H20N4OS. The largest absolute Gasteiger partial charge is 0.494 e. The lowest BCUT2D eigenvalue weighted by Gasteiger charge is -2.08. The van der Waals surface area contributed by atoms with Crippen molar-refractivity contribution in [2.24, 2.45) is 4.99 Å². The number of aromatic nitrogens is 3. The predicted molar refractivity (Wildman–Crippen MR) is 127 cm³/mol. The summed E-state index contributed by atoms with van der Waals surface area (Å²) in [5.41, 5.74) is 5.89. The highest BCUT2D eigenvalue weighted by atomic mass is 32.1. The molecule has 0 radical (unpaired) electrons. The summed E-state index contributed by atoms with van der Waals surface area (Å²) in [5, 5.41) is 12.8. The fourth-order valence-electron chi connectivity index (χ4n) is 3.66. The second-order valence-electron chi connectivity index (χ2n) is 7.33. The minimum absolute atomic E-state index is 0.0982. The van der Waals surface area contributed by atoms with Gasteiger partial charge in [0, 0.05) is 34.6 Å². The van der Waals surface area contributed by atoms with Gasteiger partial charge in [0.1, 0.15) is 0 Å². The number of nitrogens with one attached hydrogen (secondary N) is 1. The molecule has 3 heterocycles. The molecular weight excluding hydrogens is 404 g/mol. The molecule has 0 spiro atoms. The zero-order valence-corrected chi connectivity index (χ0v) is 17.9. The monoisotopic (exact) mass is 424 g/mol. The maximum Gasteiger partial charge on any atom is 0.199 e. The Morgan fingerprint density at radius 1 is 1.00 bits per heavy atom. The van der Waals surface area contributed by atoms with Gasteiger partial charge in [0.25, 0.3) is 0 Å². The van der Waals surface area contributed by atoms with E-state index in [2.05, 4.69) is 21.0 Å². The minimum Gasteiger partial charge on any atom is -0.494 e. The third kappa shape index (κ3) is 3.73. The zero-order chi connectivity index (χ0) is 21.4. The van der Waals surface area contributed by atoms with Crippen LogP contribution < -0.4 is 0 Å². The van der Waals surface area contributed by atoms with E-state index in [0.29, 0.717) is 11.3 Å². The van der Waals surface area contributed by atoms with Crippen LogP contribution in [-0.4, -0.2) is 25.8 Å². The average Bonchev–Trinajstić information content (AvgIpc) is 3.35. The molecule has 3 aromatic heterocycles. The molecule has 5 aromatic rings. The molecule has 2 N–H and O–H groups in total. The van der Waals surface area contributed by atoms with Gasteiger partial charge >= 0.3 is 0 Å². The van der Waals surface area contributed by atoms with Gasteiger partial charge in [-0.1, -0.05) is 36.4 Å². The number of pyridine rings is 1. The van der Waals surface area contributed by atoms with Crippen molar-refractivity contribution in [3.8, 4) is 16.3 Å². The lowest BCUT2D eigenvalue weighted by atomic mass is 9.99. The fraction of sp³-hybridized carbons (Fsp3) is 0.0800. The van der Waals surface area contributed by atoms with Crippen molar-refractivity contribution in [2.75, 3.05) is 0 Å². The Labute approximate surface area is 183 Å². The Kier molecular flexibility index (Phi) is 4.84. The van der Waals surface area contributed by atoms with Crippen LogP contribution >= 0.6 is 11.3 Å². The third-order valence-corrected chi connectivity index (χ3v) is 6.05. The van der Waals surface area contributed by atoms with Gasteiger partial charge in [-0.15, -0.1) is 11.3 Å². The molecule has 31 heavy (non-hydrogen) atoms. The minimum atomic E-state index is 0.0982. The SMILES string of the molecule is Cc1cc(N=C(c2ccccc2)c2c(O)[nH]c3ccc(-c4cnc(C)s4)cc23)ccn1. The Hall–Kier alpha value is -3.77. The highest BCUT2D eigenvalue weighted by molar-refractivity contribution is 7.15. The molecule has 0 amide bonds. The smallest absolute Gasteiger partial charge is 0.199 e. The maximum atomic E-state index is 10.9. The van der Waals surface area contributed by atoms with Crippen molar-refractivity contribution >= 4 is 33.6 Å². The van der Waals surface area contributed by atoms with Gasteiger partial charge in [-0.2, -0.15) is 0 Å². The van der Waals surface area contributed by atoms with Crippen LogP contribution in [-0.2, 0) is 0 Å². The van der Waals surface area contributed by atoms with E-state index in [4.69, 9.17) is 4.99 Å². The summed E-state index contributed by atoms with van der Waals surface area (Å²) in [6.45, 7) is 3.94. The highest BCUT2D eigenvalue weighted by Crippen LogP contribution is 2.35. The second kappa shape index (κ2) is 7.81. The van der Waals surface area contributed by atoms with Crippen molar-refractivity contribution in [1.82, 2.24) is 15.0 Å². The van der Waals surface area contributed by atoms with Gasteiger partial charge in [0.15, 0.2) is 5.88 Å². The standard InChI is InChI=1S/C25H20N4OS/c1-15-12-19(10-11-26-15)28-24(17-6-4-3-5-7-17)23-20-13-18(22-14-27-16(2)31-22)8-9-21(20)29-25(23)30/h3-14,29-30H,1-2H3. The lowest BCUT2D eigenvalue weighted by molar-refractivity contribution is 0.457. The molecule has 152 valence electrons. The molecule has 0 aliphatic heterocycles. The van der Waals surface area contributed by atoms with Crippen LogP contribution in [0.3, 0.4) is 0 Å². The van der Waals surface area contributed by atoms with Gasteiger partial charge in [0.2, 0.25) is 0 Å². The van der Waals surface area contributed by atoms with Crippen LogP contribution in [0.4, 0.5) is 5.69 Å². The number of hydrogen-bond donors (Lipinski definition) is 2. The lowest BCUT2D eigenvalue weighted by Crippen LogP contribution is -2.03. The van der Waals surface area contributed by atoms with Crippen LogP contribution in [0.2, 0.25) is 0 Å². The first-order chi connectivity index (χ1) is 15.1. The number of rotatable bonds is 4. The van der Waals surface area contributed by atoms with E-state index in [0.717, 1.165) is 43.3 Å². The molecule has 2 aromatic carbocycles. The molecule has 0 fully saturated rings. The summed E-state index contributed by atoms with van der Waals surface area (Å²) in [5.74, 6) is 0.0982. The van der Waals surface area contributed by atoms with Crippen molar-refractivity contribution in [3.05, 3.63) is 94.9 Å². The molecule has 5 rings (SSSR count). The van der Waals surface area contributed by atoms with Gasteiger partial charge in [0.05, 0.1) is 26.8 Å². The molecule has 6 heteroatoms. The van der Waals surface area contributed by atoms with Gasteiger partial charge in [-0.25, -0.2) is 9.98 Å². The van der Waals surface area contributed by atoms with E-state index in [9.17, 15) is 5.11 Å². The molecule has 0 aliphatic carbocycles. The maximum absolute atomic E-state index is 10.9. The van der Waals surface area contributed by atoms with Crippen molar-refractivity contribution in [3.63, 3.8) is 0 Å². The number of nitrogens with zero attached hydrogens (tertiary/aromatic N) is 3. The van der Waals surface area contributed by atoms with E-state index < -0.39 is 0 Å². The topological polar surface area (TPSA) is 74.2 Å². The quantitative estimate of drug-likeness (QED) is 0.338. The summed E-state index contributed by atoms with van der Waals surface area (Å²) in [6, 6.07) is 19.8. The Morgan fingerprint density at radius 3 is 2.58 bits per heavy atom. The fourth-order valence-corrected chi connectivity index (χ4v) is 4.43. The van der Waals surface area contributed by atoms with Gasteiger partial charge in [-0.3, -0.25) is 4.98 Å². The highest BCUT2D eigenvalue weighted by Gasteiger charge is 2.19. The number of aromatic hydroxyl groups is 1. The van der Waals surface area contributed by atoms with Crippen LogP contribution in [0.5, 0.6) is 5.88 Å². The number of H-pyrrole nitrogens is 1.